The number of nitrogens with zero attached hydrogens (tertiary/aromatic N) is 1. The largest absolute Gasteiger partial charge is 0.485 e. The standard InChI is InChI=1S/C9H9FN2O3.ClH/c10-8-3-6(12(13)14)1-2-9(8)15-7-4-11-5-7;/h1-3,7,11H,4-5H2;1H. The molecule has 5 nitrogen and oxygen atoms in total. The number of nitrogens with one attached hydrogen (secondary N) is 1. The summed E-state index contributed by atoms with van der Waals surface area (Å²) in [5, 5.41) is 13.3. The predicted molar refractivity (Wildman–Crippen MR) is 57.6 cm³/mol. The van der Waals surface area contributed by atoms with Crippen molar-refractivity contribution in [1.29, 1.82) is 0 Å². The molecule has 0 spiro atoms. The van der Waals surface area contributed by atoms with Gasteiger partial charge in [0.25, 0.3) is 5.69 Å². The average molecular weight is 249 g/mol. The molecular weight excluding hydrogens is 239 g/mol. The first-order valence-electron chi connectivity index (χ1n) is 4.48. The van der Waals surface area contributed by atoms with E-state index in [9.17, 15) is 14.5 Å². The summed E-state index contributed by atoms with van der Waals surface area (Å²) in [6.07, 6.45) is -0.0408. The summed E-state index contributed by atoms with van der Waals surface area (Å²) in [6.45, 7) is 1.35. The maximum atomic E-state index is 13.3. The molecule has 1 saturated heterocycles. The first-order valence-corrected chi connectivity index (χ1v) is 4.48. The van der Waals surface area contributed by atoms with Gasteiger partial charge in [0.1, 0.15) is 6.10 Å². The van der Waals surface area contributed by atoms with Crippen LogP contribution in [0.1, 0.15) is 0 Å². The van der Waals surface area contributed by atoms with Gasteiger partial charge in [0.05, 0.1) is 11.0 Å². The molecule has 1 aliphatic rings. The van der Waals surface area contributed by atoms with Crippen molar-refractivity contribution in [2.45, 2.75) is 6.10 Å². The summed E-state index contributed by atoms with van der Waals surface area (Å²) in [4.78, 5) is 9.70. The molecule has 0 radical (unpaired) electrons. The number of hydrogen-bond donors (Lipinski definition) is 1. The lowest BCUT2D eigenvalue weighted by Gasteiger charge is -2.27. The molecule has 1 heterocycles. The molecule has 1 fully saturated rings. The highest BCUT2D eigenvalue weighted by atomic mass is 35.5. The molecule has 1 aromatic carbocycles. The van der Waals surface area contributed by atoms with Gasteiger partial charge in [-0.15, -0.1) is 12.4 Å². The van der Waals surface area contributed by atoms with Gasteiger partial charge < -0.3 is 10.1 Å². The minimum Gasteiger partial charge on any atom is -0.485 e. The van der Waals surface area contributed by atoms with E-state index in [0.717, 1.165) is 6.07 Å². The third-order valence-corrected chi connectivity index (χ3v) is 2.16. The Morgan fingerprint density at radius 3 is 2.62 bits per heavy atom. The molecule has 16 heavy (non-hydrogen) atoms. The van der Waals surface area contributed by atoms with E-state index in [-0.39, 0.29) is 29.9 Å². The molecule has 0 saturated carbocycles. The molecule has 1 aliphatic heterocycles. The van der Waals surface area contributed by atoms with E-state index < -0.39 is 10.7 Å². The second-order valence-electron chi connectivity index (χ2n) is 3.27. The van der Waals surface area contributed by atoms with Crippen LogP contribution in [-0.4, -0.2) is 24.1 Å². The van der Waals surface area contributed by atoms with Gasteiger partial charge in [-0.05, 0) is 6.07 Å². The molecule has 0 amide bonds. The van der Waals surface area contributed by atoms with Gasteiger partial charge in [-0.1, -0.05) is 0 Å². The summed E-state index contributed by atoms with van der Waals surface area (Å²) >= 11 is 0. The smallest absolute Gasteiger partial charge is 0.272 e. The van der Waals surface area contributed by atoms with Gasteiger partial charge in [-0.25, -0.2) is 4.39 Å². The zero-order chi connectivity index (χ0) is 10.8. The van der Waals surface area contributed by atoms with Crippen LogP contribution in [0.4, 0.5) is 10.1 Å². The van der Waals surface area contributed by atoms with E-state index >= 15 is 0 Å². The molecule has 0 atom stereocenters. The minimum atomic E-state index is -0.698. The molecule has 88 valence electrons. The topological polar surface area (TPSA) is 64.4 Å². The van der Waals surface area contributed by atoms with Gasteiger partial charge in [-0.2, -0.15) is 0 Å². The van der Waals surface area contributed by atoms with E-state index in [1.54, 1.807) is 0 Å². The highest BCUT2D eigenvalue weighted by molar-refractivity contribution is 5.85. The Hall–Kier alpha value is -1.40. The summed E-state index contributed by atoms with van der Waals surface area (Å²) < 4.78 is 18.5. The summed E-state index contributed by atoms with van der Waals surface area (Å²) in [5.74, 6) is -0.636. The number of nitro groups is 1. The zero-order valence-electron chi connectivity index (χ0n) is 8.18. The predicted octanol–water partition coefficient (Wildman–Crippen LogP) is 1.51. The van der Waals surface area contributed by atoms with E-state index in [4.69, 9.17) is 4.74 Å². The molecule has 1 N–H and O–H groups in total. The second-order valence-corrected chi connectivity index (χ2v) is 3.27. The van der Waals surface area contributed by atoms with Gasteiger partial charge >= 0.3 is 0 Å². The number of ether oxygens (including phenoxy) is 1. The minimum absolute atomic E-state index is 0. The maximum absolute atomic E-state index is 13.3. The van der Waals surface area contributed by atoms with Crippen molar-refractivity contribution in [2.24, 2.45) is 0 Å². The number of non-ortho nitro benzene ring substituents is 1. The quantitative estimate of drug-likeness (QED) is 0.650. The van der Waals surface area contributed by atoms with Crippen LogP contribution < -0.4 is 10.1 Å². The third-order valence-electron chi connectivity index (χ3n) is 2.16. The molecule has 0 bridgehead atoms. The molecule has 1 aromatic rings. The highest BCUT2D eigenvalue weighted by Crippen LogP contribution is 2.23. The van der Waals surface area contributed by atoms with Crippen LogP contribution >= 0.6 is 12.4 Å². The van der Waals surface area contributed by atoms with Gasteiger partial charge in [0, 0.05) is 19.2 Å². The summed E-state index contributed by atoms with van der Waals surface area (Å²) in [7, 11) is 0. The van der Waals surface area contributed by atoms with Crippen LogP contribution in [0.5, 0.6) is 5.75 Å². The molecule has 0 aliphatic carbocycles. The Morgan fingerprint density at radius 2 is 2.19 bits per heavy atom. The highest BCUT2D eigenvalue weighted by Gasteiger charge is 2.20. The number of rotatable bonds is 3. The SMILES string of the molecule is Cl.O=[N+]([O-])c1ccc(OC2CNC2)c(F)c1. The Labute approximate surface area is 97.2 Å². The van der Waals surface area contributed by atoms with E-state index in [1.165, 1.54) is 12.1 Å². The summed E-state index contributed by atoms with van der Waals surface area (Å²) in [5.41, 5.74) is -0.272. The van der Waals surface area contributed by atoms with Crippen LogP contribution in [0, 0.1) is 15.9 Å². The van der Waals surface area contributed by atoms with Gasteiger partial charge in [-0.3, -0.25) is 10.1 Å². The summed E-state index contributed by atoms with van der Waals surface area (Å²) in [6, 6.07) is 3.37. The lowest BCUT2D eigenvalue weighted by Crippen LogP contribution is -2.50. The fraction of sp³-hybridized carbons (Fsp3) is 0.333. The lowest BCUT2D eigenvalue weighted by molar-refractivity contribution is -0.385. The second kappa shape index (κ2) is 5.09. The van der Waals surface area contributed by atoms with Crippen molar-refractivity contribution in [1.82, 2.24) is 5.32 Å². The van der Waals surface area contributed by atoms with E-state index in [2.05, 4.69) is 5.32 Å². The molecular formula is C9H10ClFN2O3. The van der Waals surface area contributed by atoms with Crippen molar-refractivity contribution in [3.8, 4) is 5.75 Å². The fourth-order valence-electron chi connectivity index (χ4n) is 1.22. The van der Waals surface area contributed by atoms with Crippen LogP contribution in [0.3, 0.4) is 0 Å². The zero-order valence-corrected chi connectivity index (χ0v) is 9.00. The monoisotopic (exact) mass is 248 g/mol. The first-order chi connectivity index (χ1) is 7.16. The average Bonchev–Trinajstić information content (AvgIpc) is 2.12. The van der Waals surface area contributed by atoms with Crippen molar-refractivity contribution in [2.75, 3.05) is 13.1 Å². The Bertz CT molecular complexity index is 398. The molecule has 2 rings (SSSR count). The Morgan fingerprint density at radius 1 is 1.50 bits per heavy atom. The maximum Gasteiger partial charge on any atom is 0.272 e. The van der Waals surface area contributed by atoms with Gasteiger partial charge in [0.2, 0.25) is 0 Å². The number of halogens is 2. The van der Waals surface area contributed by atoms with E-state index in [0.29, 0.717) is 13.1 Å². The molecule has 0 aromatic heterocycles. The van der Waals surface area contributed by atoms with E-state index in [1.807, 2.05) is 0 Å². The fourth-order valence-corrected chi connectivity index (χ4v) is 1.22. The number of benzene rings is 1. The Kier molecular flexibility index (Phi) is 4.03. The third kappa shape index (κ3) is 2.59. The first kappa shape index (κ1) is 12.7. The van der Waals surface area contributed by atoms with Crippen LogP contribution in [-0.2, 0) is 0 Å². The number of hydrogen-bond acceptors (Lipinski definition) is 4. The Balaban J connectivity index is 0.00000128. The van der Waals surface area contributed by atoms with Gasteiger partial charge in [0.15, 0.2) is 11.6 Å². The van der Waals surface area contributed by atoms with Crippen molar-refractivity contribution >= 4 is 18.1 Å². The number of nitro benzene ring substituents is 1. The van der Waals surface area contributed by atoms with Crippen LogP contribution in [0.2, 0.25) is 0 Å². The van der Waals surface area contributed by atoms with Crippen molar-refractivity contribution < 1.29 is 14.1 Å². The van der Waals surface area contributed by atoms with Crippen molar-refractivity contribution in [3.63, 3.8) is 0 Å². The molecule has 7 heteroatoms. The normalized spacial score (nSPS) is 14.8. The van der Waals surface area contributed by atoms with Crippen LogP contribution in [0.15, 0.2) is 18.2 Å². The van der Waals surface area contributed by atoms with Crippen molar-refractivity contribution in [3.05, 3.63) is 34.1 Å². The lowest BCUT2D eigenvalue weighted by atomic mass is 10.2. The molecule has 0 unspecified atom stereocenters. The van der Waals surface area contributed by atoms with Crippen LogP contribution in [0.25, 0.3) is 0 Å².